The molecular formula is C22H21F3N4O3. The van der Waals surface area contributed by atoms with Gasteiger partial charge in [-0.3, -0.25) is 24.3 Å². The van der Waals surface area contributed by atoms with Crippen molar-refractivity contribution in [2.75, 3.05) is 4.90 Å². The van der Waals surface area contributed by atoms with Gasteiger partial charge >= 0.3 is 6.18 Å². The number of aryl methyl sites for hydroxylation is 1. The summed E-state index contributed by atoms with van der Waals surface area (Å²) < 4.78 is 40.0. The number of rotatable bonds is 5. The van der Waals surface area contributed by atoms with Crippen molar-refractivity contribution >= 4 is 34.7 Å². The Hall–Kier alpha value is -3.66. The third-order valence-corrected chi connectivity index (χ3v) is 5.12. The molecule has 0 saturated heterocycles. The van der Waals surface area contributed by atoms with Crippen LogP contribution in [-0.4, -0.2) is 22.7 Å². The van der Waals surface area contributed by atoms with Gasteiger partial charge in [-0.05, 0) is 38.1 Å². The number of halogens is 3. The quantitative estimate of drug-likeness (QED) is 0.318. The van der Waals surface area contributed by atoms with E-state index in [0.29, 0.717) is 5.69 Å². The minimum Gasteiger partial charge on any atom is -0.370 e. The molecule has 0 atom stereocenters. The van der Waals surface area contributed by atoms with Gasteiger partial charge in [-0.1, -0.05) is 23.8 Å². The van der Waals surface area contributed by atoms with Crippen molar-refractivity contribution < 1.29 is 27.6 Å². The number of nitrogens with two attached hydrogens (primary N) is 2. The molecule has 168 valence electrons. The van der Waals surface area contributed by atoms with Crippen LogP contribution in [-0.2, 0) is 20.6 Å². The zero-order chi connectivity index (χ0) is 23.8. The van der Waals surface area contributed by atoms with E-state index >= 15 is 0 Å². The molecule has 0 unspecified atom stereocenters. The molecule has 10 heteroatoms. The van der Waals surface area contributed by atoms with Crippen molar-refractivity contribution in [2.24, 2.45) is 11.6 Å². The van der Waals surface area contributed by atoms with Crippen LogP contribution < -0.4 is 16.5 Å². The monoisotopic (exact) mass is 446 g/mol. The van der Waals surface area contributed by atoms with Crippen LogP contribution in [0.5, 0.6) is 0 Å². The topological polar surface area (TPSA) is 110 Å². The number of alkyl halides is 3. The van der Waals surface area contributed by atoms with Crippen molar-refractivity contribution in [1.82, 2.24) is 5.01 Å². The van der Waals surface area contributed by atoms with Gasteiger partial charge in [-0.15, -0.1) is 0 Å². The molecule has 0 fully saturated rings. The maximum Gasteiger partial charge on any atom is 0.416 e. The highest BCUT2D eigenvalue weighted by molar-refractivity contribution is 6.35. The maximum atomic E-state index is 13.4. The fourth-order valence-corrected chi connectivity index (χ4v) is 3.40. The van der Waals surface area contributed by atoms with Gasteiger partial charge in [0.25, 0.3) is 5.91 Å². The lowest BCUT2D eigenvalue weighted by Gasteiger charge is -2.20. The number of hydrazine groups is 1. The van der Waals surface area contributed by atoms with E-state index in [1.165, 1.54) is 13.0 Å². The molecule has 0 bridgehead atoms. The number of allylic oxidation sites excluding steroid dienone is 1. The summed E-state index contributed by atoms with van der Waals surface area (Å²) in [5, 5.41) is 0.719. The molecule has 3 rings (SSSR count). The van der Waals surface area contributed by atoms with E-state index in [1.807, 2.05) is 6.92 Å². The number of amides is 3. The van der Waals surface area contributed by atoms with E-state index in [2.05, 4.69) is 0 Å². The Morgan fingerprint density at radius 2 is 1.69 bits per heavy atom. The minimum absolute atomic E-state index is 0.00998. The Bertz CT molecular complexity index is 1120. The molecule has 1 aliphatic heterocycles. The van der Waals surface area contributed by atoms with E-state index in [4.69, 9.17) is 11.6 Å². The van der Waals surface area contributed by atoms with Gasteiger partial charge in [-0.2, -0.15) is 13.2 Å². The lowest BCUT2D eigenvalue weighted by atomic mass is 10.0. The number of primary amides is 1. The number of carbonyl (C=O) groups is 3. The lowest BCUT2D eigenvalue weighted by Crippen LogP contribution is -2.37. The molecule has 0 spiro atoms. The summed E-state index contributed by atoms with van der Waals surface area (Å²) in [7, 11) is 0. The van der Waals surface area contributed by atoms with E-state index in [1.54, 1.807) is 24.3 Å². The van der Waals surface area contributed by atoms with Crippen molar-refractivity contribution in [3.8, 4) is 0 Å². The predicted octanol–water partition coefficient (Wildman–Crippen LogP) is 3.39. The molecule has 3 amide bonds. The van der Waals surface area contributed by atoms with Crippen LogP contribution in [0.1, 0.15) is 36.5 Å². The number of anilines is 2. The number of hydrogen-bond acceptors (Lipinski definition) is 4. The van der Waals surface area contributed by atoms with Crippen LogP contribution in [0.2, 0.25) is 0 Å². The first-order valence-electron chi connectivity index (χ1n) is 9.61. The van der Waals surface area contributed by atoms with E-state index in [-0.39, 0.29) is 35.4 Å². The first kappa shape index (κ1) is 23.0. The number of benzene rings is 2. The highest BCUT2D eigenvalue weighted by Crippen LogP contribution is 2.45. The Balaban J connectivity index is 2.14. The van der Waals surface area contributed by atoms with Gasteiger partial charge < -0.3 is 5.73 Å². The zero-order valence-electron chi connectivity index (χ0n) is 17.4. The SMILES string of the molecule is C/C(=C1/C(=O)N(c2ccc(C)cc2)c2cc(C(F)(F)F)ccc21)N(N)C(=O)CCC(N)=O. The molecule has 1 aliphatic rings. The van der Waals surface area contributed by atoms with Crippen LogP contribution >= 0.6 is 0 Å². The largest absolute Gasteiger partial charge is 0.416 e. The number of hydrogen-bond donors (Lipinski definition) is 2. The van der Waals surface area contributed by atoms with E-state index in [0.717, 1.165) is 27.6 Å². The third-order valence-electron chi connectivity index (χ3n) is 5.12. The fourth-order valence-electron chi connectivity index (χ4n) is 3.40. The molecule has 0 saturated carbocycles. The second kappa shape index (κ2) is 8.46. The average Bonchev–Trinajstić information content (AvgIpc) is 3.02. The van der Waals surface area contributed by atoms with Crippen molar-refractivity contribution in [2.45, 2.75) is 32.9 Å². The highest BCUT2D eigenvalue weighted by atomic mass is 19.4. The Labute approximate surface area is 182 Å². The van der Waals surface area contributed by atoms with Crippen molar-refractivity contribution in [3.05, 3.63) is 64.9 Å². The molecule has 32 heavy (non-hydrogen) atoms. The highest BCUT2D eigenvalue weighted by Gasteiger charge is 2.39. The summed E-state index contributed by atoms with van der Waals surface area (Å²) in [5.41, 5.74) is 5.68. The van der Waals surface area contributed by atoms with Crippen LogP contribution in [0.15, 0.2) is 48.2 Å². The molecule has 4 N–H and O–H groups in total. The van der Waals surface area contributed by atoms with Crippen LogP contribution in [0, 0.1) is 6.92 Å². The van der Waals surface area contributed by atoms with Gasteiger partial charge in [0.2, 0.25) is 11.8 Å². The first-order chi connectivity index (χ1) is 14.9. The maximum absolute atomic E-state index is 13.4. The summed E-state index contributed by atoms with van der Waals surface area (Å²) in [6.45, 7) is 3.25. The van der Waals surface area contributed by atoms with Gasteiger partial charge in [0.05, 0.1) is 16.8 Å². The lowest BCUT2D eigenvalue weighted by molar-refractivity contribution is -0.137. The third kappa shape index (κ3) is 4.35. The molecule has 0 radical (unpaired) electrons. The molecule has 0 aliphatic carbocycles. The first-order valence-corrected chi connectivity index (χ1v) is 9.61. The Morgan fingerprint density at radius 1 is 1.06 bits per heavy atom. The fraction of sp³-hybridized carbons (Fsp3) is 0.227. The summed E-state index contributed by atoms with van der Waals surface area (Å²) in [4.78, 5) is 37.8. The number of fused-ring (bicyclic) bond motifs is 1. The van der Waals surface area contributed by atoms with Crippen molar-refractivity contribution in [3.63, 3.8) is 0 Å². The zero-order valence-corrected chi connectivity index (χ0v) is 17.4. The number of nitrogens with zero attached hydrogens (tertiary/aromatic N) is 2. The molecular weight excluding hydrogens is 425 g/mol. The normalized spacial score (nSPS) is 14.9. The van der Waals surface area contributed by atoms with Crippen LogP contribution in [0.25, 0.3) is 5.57 Å². The van der Waals surface area contributed by atoms with Gasteiger partial charge in [0.1, 0.15) is 0 Å². The Kier molecular flexibility index (Phi) is 6.09. The second-order valence-electron chi connectivity index (χ2n) is 7.40. The number of carbonyl (C=O) groups excluding carboxylic acids is 3. The van der Waals surface area contributed by atoms with Crippen LogP contribution in [0.3, 0.4) is 0 Å². The summed E-state index contributed by atoms with van der Waals surface area (Å²) in [5.74, 6) is 3.89. The van der Waals surface area contributed by atoms with E-state index in [9.17, 15) is 27.6 Å². The standard InChI is InChI=1S/C22H21F3N4O3/c1-12-3-6-15(7-4-12)28-17-11-14(22(23,24)25)5-8-16(17)20(21(28)32)13(2)29(27)19(31)10-9-18(26)30/h3-8,11H,9-10,27H2,1-2H3,(H2,26,30)/b20-13-. The molecule has 0 aromatic heterocycles. The summed E-state index contributed by atoms with van der Waals surface area (Å²) in [6, 6.07) is 9.64. The molecule has 7 nitrogen and oxygen atoms in total. The molecule has 1 heterocycles. The van der Waals surface area contributed by atoms with E-state index < -0.39 is 29.5 Å². The van der Waals surface area contributed by atoms with Crippen LogP contribution in [0.4, 0.5) is 24.5 Å². The Morgan fingerprint density at radius 3 is 2.25 bits per heavy atom. The molecule has 2 aromatic carbocycles. The summed E-state index contributed by atoms with van der Waals surface area (Å²) >= 11 is 0. The predicted molar refractivity (Wildman–Crippen MR) is 112 cm³/mol. The average molecular weight is 446 g/mol. The van der Waals surface area contributed by atoms with Gasteiger partial charge in [0, 0.05) is 29.8 Å². The van der Waals surface area contributed by atoms with Gasteiger partial charge in [0.15, 0.2) is 0 Å². The van der Waals surface area contributed by atoms with Gasteiger partial charge in [-0.25, -0.2) is 5.84 Å². The summed E-state index contributed by atoms with van der Waals surface area (Å²) in [6.07, 6.45) is -5.11. The second-order valence-corrected chi connectivity index (χ2v) is 7.40. The minimum atomic E-state index is -4.61. The molecule has 2 aromatic rings. The van der Waals surface area contributed by atoms with Crippen molar-refractivity contribution in [1.29, 1.82) is 0 Å². The smallest absolute Gasteiger partial charge is 0.370 e.